The predicted molar refractivity (Wildman–Crippen MR) is 112 cm³/mol. The Morgan fingerprint density at radius 3 is 2.62 bits per heavy atom. The number of nitrogens with one attached hydrogen (secondary N) is 2. The molecule has 2 aromatic rings. The van der Waals surface area contributed by atoms with Crippen LogP contribution < -0.4 is 10.6 Å². The van der Waals surface area contributed by atoms with E-state index in [-0.39, 0.29) is 11.8 Å². The highest BCUT2D eigenvalue weighted by molar-refractivity contribution is 7.18. The number of amides is 3. The molecule has 2 atom stereocenters. The summed E-state index contributed by atoms with van der Waals surface area (Å²) in [4.78, 5) is 41.1. The first-order valence-corrected chi connectivity index (χ1v) is 10.7. The number of thiazole rings is 1. The Bertz CT molecular complexity index is 870. The minimum absolute atomic E-state index is 0.000834. The van der Waals surface area contributed by atoms with Crippen molar-refractivity contribution in [3.05, 3.63) is 29.3 Å². The number of urea groups is 1. The van der Waals surface area contributed by atoms with Gasteiger partial charge in [-0.3, -0.25) is 14.9 Å². The molecule has 1 aliphatic carbocycles. The summed E-state index contributed by atoms with van der Waals surface area (Å²) in [7, 11) is 0. The predicted octanol–water partition coefficient (Wildman–Crippen LogP) is 3.74. The first-order chi connectivity index (χ1) is 13.7. The summed E-state index contributed by atoms with van der Waals surface area (Å²) in [6.07, 6.45) is 3.57. The lowest BCUT2D eigenvalue weighted by atomic mass is 9.79. The van der Waals surface area contributed by atoms with E-state index in [2.05, 4.69) is 10.6 Å². The molecule has 0 aliphatic heterocycles. The van der Waals surface area contributed by atoms with Crippen LogP contribution in [0.15, 0.2) is 24.3 Å². The molecule has 0 spiro atoms. The van der Waals surface area contributed by atoms with Gasteiger partial charge in [0.25, 0.3) is 5.91 Å². The van der Waals surface area contributed by atoms with E-state index in [1.54, 1.807) is 11.3 Å². The zero-order valence-corrected chi connectivity index (χ0v) is 17.8. The van der Waals surface area contributed by atoms with Gasteiger partial charge in [0.1, 0.15) is 0 Å². The van der Waals surface area contributed by atoms with Crippen LogP contribution >= 0.6 is 11.3 Å². The monoisotopic (exact) mass is 417 g/mol. The van der Waals surface area contributed by atoms with E-state index in [4.69, 9.17) is 9.72 Å². The van der Waals surface area contributed by atoms with Crippen molar-refractivity contribution in [1.29, 1.82) is 0 Å². The minimum Gasteiger partial charge on any atom is -0.455 e. The number of nitrogens with zero attached hydrogens (tertiary/aromatic N) is 1. The summed E-state index contributed by atoms with van der Waals surface area (Å²) in [5, 5.41) is 5.75. The molecular formula is C21H27N3O4S. The van der Waals surface area contributed by atoms with Gasteiger partial charge in [-0.2, -0.15) is 0 Å². The molecule has 2 N–H and O–H groups in total. The normalized spacial score (nSPS) is 19.6. The third-order valence-corrected chi connectivity index (χ3v) is 5.95. The van der Waals surface area contributed by atoms with Gasteiger partial charge >= 0.3 is 12.0 Å². The van der Waals surface area contributed by atoms with Crippen LogP contribution in [0.4, 0.5) is 4.79 Å². The molecule has 8 heteroatoms. The Kier molecular flexibility index (Phi) is 6.52. The molecule has 1 fully saturated rings. The van der Waals surface area contributed by atoms with Crippen LogP contribution in [0.25, 0.3) is 10.2 Å². The molecule has 156 valence electrons. The number of hydrogen-bond acceptors (Lipinski definition) is 6. The number of carbonyl (C=O) groups is 3. The number of fused-ring (bicyclic) bond motifs is 1. The molecule has 3 amide bonds. The lowest BCUT2D eigenvalue weighted by Crippen LogP contribution is -2.49. The van der Waals surface area contributed by atoms with Crippen LogP contribution in [0.3, 0.4) is 0 Å². The number of rotatable bonds is 4. The smallest absolute Gasteiger partial charge is 0.321 e. The Hall–Kier alpha value is -2.48. The molecule has 1 aromatic heterocycles. The number of aromatic nitrogens is 1. The van der Waals surface area contributed by atoms with Crippen molar-refractivity contribution in [1.82, 2.24) is 15.6 Å². The SMILES string of the molecule is CC(C)(C)NC(=O)NC(=O)COC(=O)[C@@H]1CCCC[C@@H]1c1nc2ccccc2s1. The zero-order chi connectivity index (χ0) is 21.0. The molecule has 29 heavy (non-hydrogen) atoms. The summed E-state index contributed by atoms with van der Waals surface area (Å²) in [5.74, 6) is -1.37. The van der Waals surface area contributed by atoms with Gasteiger partial charge in [0, 0.05) is 11.5 Å². The molecule has 1 aromatic carbocycles. The van der Waals surface area contributed by atoms with E-state index in [9.17, 15) is 14.4 Å². The summed E-state index contributed by atoms with van der Waals surface area (Å²) in [6, 6.07) is 7.32. The molecule has 0 unspecified atom stereocenters. The molecule has 0 saturated heterocycles. The average molecular weight is 418 g/mol. The van der Waals surface area contributed by atoms with Crippen molar-refractivity contribution in [2.45, 2.75) is 57.9 Å². The number of esters is 1. The third kappa shape index (κ3) is 5.76. The molecule has 1 aliphatic rings. The summed E-state index contributed by atoms with van der Waals surface area (Å²) in [6.45, 7) is 4.95. The van der Waals surface area contributed by atoms with Crippen LogP contribution in [-0.4, -0.2) is 35.0 Å². The van der Waals surface area contributed by atoms with Gasteiger partial charge < -0.3 is 10.1 Å². The highest BCUT2D eigenvalue weighted by Crippen LogP contribution is 2.41. The zero-order valence-electron chi connectivity index (χ0n) is 17.0. The van der Waals surface area contributed by atoms with Gasteiger partial charge in [-0.1, -0.05) is 25.0 Å². The van der Waals surface area contributed by atoms with Gasteiger partial charge in [0.05, 0.1) is 21.1 Å². The molecule has 0 bridgehead atoms. The fourth-order valence-electron chi connectivity index (χ4n) is 3.54. The van der Waals surface area contributed by atoms with Crippen LogP contribution in [0.1, 0.15) is 57.4 Å². The van der Waals surface area contributed by atoms with Crippen molar-refractivity contribution in [2.24, 2.45) is 5.92 Å². The number of carbonyl (C=O) groups excluding carboxylic acids is 3. The van der Waals surface area contributed by atoms with Crippen molar-refractivity contribution in [3.63, 3.8) is 0 Å². The highest BCUT2D eigenvalue weighted by Gasteiger charge is 2.35. The number of imide groups is 1. The Labute approximate surface area is 174 Å². The lowest BCUT2D eigenvalue weighted by molar-refractivity contribution is -0.154. The lowest BCUT2D eigenvalue weighted by Gasteiger charge is -2.28. The Balaban J connectivity index is 1.59. The molecule has 1 heterocycles. The van der Waals surface area contributed by atoms with E-state index in [1.807, 2.05) is 45.0 Å². The van der Waals surface area contributed by atoms with E-state index in [0.717, 1.165) is 34.5 Å². The number of ether oxygens (including phenoxy) is 1. The van der Waals surface area contributed by atoms with Gasteiger partial charge in [-0.15, -0.1) is 11.3 Å². The van der Waals surface area contributed by atoms with Crippen LogP contribution in [0.2, 0.25) is 0 Å². The van der Waals surface area contributed by atoms with Gasteiger partial charge in [-0.25, -0.2) is 9.78 Å². The number of para-hydroxylation sites is 1. The standard InChI is InChI=1S/C21H27N3O4S/c1-21(2,3)24-20(27)23-17(25)12-28-19(26)14-9-5-4-8-13(14)18-22-15-10-6-7-11-16(15)29-18/h6-7,10-11,13-14H,4-5,8-9,12H2,1-3H3,(H2,23,24,25,27)/t13-,14+/m0/s1. The second-order valence-electron chi connectivity index (χ2n) is 8.38. The van der Waals surface area contributed by atoms with Crippen LogP contribution in [0.5, 0.6) is 0 Å². The highest BCUT2D eigenvalue weighted by atomic mass is 32.1. The maximum Gasteiger partial charge on any atom is 0.321 e. The van der Waals surface area contributed by atoms with Gasteiger partial charge in [-0.05, 0) is 45.7 Å². The van der Waals surface area contributed by atoms with E-state index >= 15 is 0 Å². The maximum absolute atomic E-state index is 12.7. The fourth-order valence-corrected chi connectivity index (χ4v) is 4.70. The summed E-state index contributed by atoms with van der Waals surface area (Å²) in [5.41, 5.74) is 0.475. The Morgan fingerprint density at radius 2 is 1.90 bits per heavy atom. The van der Waals surface area contributed by atoms with Crippen molar-refractivity contribution < 1.29 is 19.1 Å². The molecular weight excluding hydrogens is 390 g/mol. The molecule has 7 nitrogen and oxygen atoms in total. The molecule has 0 radical (unpaired) electrons. The van der Waals surface area contributed by atoms with E-state index in [1.165, 1.54) is 0 Å². The average Bonchev–Trinajstić information content (AvgIpc) is 3.08. The Morgan fingerprint density at radius 1 is 1.17 bits per heavy atom. The minimum atomic E-state index is -0.646. The summed E-state index contributed by atoms with van der Waals surface area (Å²) < 4.78 is 6.35. The third-order valence-electron chi connectivity index (χ3n) is 4.78. The van der Waals surface area contributed by atoms with Crippen molar-refractivity contribution in [3.8, 4) is 0 Å². The van der Waals surface area contributed by atoms with E-state index in [0.29, 0.717) is 6.42 Å². The largest absolute Gasteiger partial charge is 0.455 e. The van der Waals surface area contributed by atoms with Crippen molar-refractivity contribution >= 4 is 39.5 Å². The topological polar surface area (TPSA) is 97.4 Å². The first kappa shape index (κ1) is 21.2. The van der Waals surface area contributed by atoms with Gasteiger partial charge in [0.15, 0.2) is 6.61 Å². The molecule has 3 rings (SSSR count). The number of hydrogen-bond donors (Lipinski definition) is 2. The number of benzene rings is 1. The molecule has 1 saturated carbocycles. The second kappa shape index (κ2) is 8.90. The fraction of sp³-hybridized carbons (Fsp3) is 0.524. The van der Waals surface area contributed by atoms with Crippen molar-refractivity contribution in [2.75, 3.05) is 6.61 Å². The summed E-state index contributed by atoms with van der Waals surface area (Å²) >= 11 is 1.61. The van der Waals surface area contributed by atoms with Crippen LogP contribution in [0, 0.1) is 5.92 Å². The van der Waals surface area contributed by atoms with E-state index < -0.39 is 30.1 Å². The van der Waals surface area contributed by atoms with Gasteiger partial charge in [0.2, 0.25) is 0 Å². The first-order valence-electron chi connectivity index (χ1n) is 9.87. The maximum atomic E-state index is 12.7. The van der Waals surface area contributed by atoms with Crippen LogP contribution in [-0.2, 0) is 14.3 Å². The second-order valence-corrected chi connectivity index (χ2v) is 9.44. The quantitative estimate of drug-likeness (QED) is 0.739.